The van der Waals surface area contributed by atoms with Gasteiger partial charge in [0.2, 0.25) is 11.8 Å². The Balaban J connectivity index is 2.08. The Labute approximate surface area is 146 Å². The maximum atomic E-state index is 12.6. The van der Waals surface area contributed by atoms with Crippen LogP contribution in [-0.4, -0.2) is 77.6 Å². The molecule has 1 aliphatic carbocycles. The molecular weight excluding hydrogens is 328 g/mol. The van der Waals surface area contributed by atoms with Crippen LogP contribution in [0.4, 0.5) is 4.79 Å². The molecule has 0 unspecified atom stereocenters. The molecule has 25 heavy (non-hydrogen) atoms. The van der Waals surface area contributed by atoms with Crippen LogP contribution >= 0.6 is 0 Å². The Morgan fingerprint density at radius 1 is 1.16 bits per heavy atom. The van der Waals surface area contributed by atoms with Crippen LogP contribution in [0.1, 0.15) is 32.6 Å². The molecule has 1 N–H and O–H groups in total. The van der Waals surface area contributed by atoms with Gasteiger partial charge in [-0.05, 0) is 18.8 Å². The molecule has 0 aromatic carbocycles. The van der Waals surface area contributed by atoms with Crippen molar-refractivity contribution in [2.45, 2.75) is 38.6 Å². The van der Waals surface area contributed by atoms with Crippen LogP contribution in [-0.2, 0) is 19.2 Å². The van der Waals surface area contributed by atoms with Gasteiger partial charge in [0, 0.05) is 20.1 Å². The molecule has 0 spiro atoms. The molecule has 0 bridgehead atoms. The third kappa shape index (κ3) is 3.80. The van der Waals surface area contributed by atoms with Gasteiger partial charge in [0.25, 0.3) is 0 Å². The summed E-state index contributed by atoms with van der Waals surface area (Å²) in [6, 6.07) is -1.04. The minimum absolute atomic E-state index is 0.126. The molecule has 6 amide bonds. The number of hydrogen-bond acceptors (Lipinski definition) is 5. The van der Waals surface area contributed by atoms with Crippen LogP contribution in [0.2, 0.25) is 0 Å². The number of nitrogens with one attached hydrogen (secondary N) is 1. The third-order valence-corrected chi connectivity index (χ3v) is 4.86. The number of imide groups is 2. The molecule has 9 heteroatoms. The van der Waals surface area contributed by atoms with Gasteiger partial charge in [0.05, 0.1) is 6.54 Å². The summed E-state index contributed by atoms with van der Waals surface area (Å²) < 4.78 is 0. The maximum Gasteiger partial charge on any atom is 0.334 e. The van der Waals surface area contributed by atoms with E-state index in [1.165, 1.54) is 14.1 Å². The standard InChI is InChI=1S/C16H24N4O5/c1-10-6-4-5-7-11(10)20-15(24)14(23)19(16(20)25)9-13(22)18(3)8-12(21)17-2/h10-11H,4-9H2,1-3H3,(H,17,21)/t10-,11-/m0/s1. The van der Waals surface area contributed by atoms with E-state index in [1.807, 2.05) is 6.92 Å². The van der Waals surface area contributed by atoms with E-state index in [4.69, 9.17) is 0 Å². The zero-order valence-corrected chi connectivity index (χ0v) is 14.8. The average Bonchev–Trinajstić information content (AvgIpc) is 2.79. The van der Waals surface area contributed by atoms with E-state index >= 15 is 0 Å². The minimum Gasteiger partial charge on any atom is -0.358 e. The van der Waals surface area contributed by atoms with Crippen LogP contribution in [0.5, 0.6) is 0 Å². The van der Waals surface area contributed by atoms with Crippen LogP contribution < -0.4 is 5.32 Å². The van der Waals surface area contributed by atoms with Crippen molar-refractivity contribution in [3.05, 3.63) is 0 Å². The van der Waals surface area contributed by atoms with E-state index in [2.05, 4.69) is 5.32 Å². The first-order chi connectivity index (χ1) is 11.8. The zero-order valence-electron chi connectivity index (χ0n) is 14.8. The van der Waals surface area contributed by atoms with Gasteiger partial charge in [-0.15, -0.1) is 0 Å². The van der Waals surface area contributed by atoms with Crippen molar-refractivity contribution in [3.8, 4) is 0 Å². The van der Waals surface area contributed by atoms with Gasteiger partial charge in [0.1, 0.15) is 6.54 Å². The van der Waals surface area contributed by atoms with Gasteiger partial charge in [-0.25, -0.2) is 9.69 Å². The quantitative estimate of drug-likeness (QED) is 0.533. The SMILES string of the molecule is CNC(=O)CN(C)C(=O)CN1C(=O)C(=O)N([C@H]2CCCC[C@@H]2C)C1=O. The highest BCUT2D eigenvalue weighted by Crippen LogP contribution is 2.31. The van der Waals surface area contributed by atoms with E-state index in [0.717, 1.165) is 29.1 Å². The topological polar surface area (TPSA) is 107 Å². The first-order valence-electron chi connectivity index (χ1n) is 8.41. The largest absolute Gasteiger partial charge is 0.358 e. The Kier molecular flexibility index (Phi) is 5.76. The van der Waals surface area contributed by atoms with E-state index in [9.17, 15) is 24.0 Å². The Morgan fingerprint density at radius 2 is 1.80 bits per heavy atom. The summed E-state index contributed by atoms with van der Waals surface area (Å²) >= 11 is 0. The van der Waals surface area contributed by atoms with Crippen LogP contribution in [0, 0.1) is 5.92 Å². The summed E-state index contributed by atoms with van der Waals surface area (Å²) in [7, 11) is 2.83. The molecule has 2 rings (SSSR count). The molecular formula is C16H24N4O5. The summed E-state index contributed by atoms with van der Waals surface area (Å²) in [6.45, 7) is 1.22. The summed E-state index contributed by atoms with van der Waals surface area (Å²) in [4.78, 5) is 63.3. The van der Waals surface area contributed by atoms with Gasteiger partial charge < -0.3 is 10.2 Å². The highest BCUT2D eigenvalue weighted by molar-refractivity contribution is 6.45. The zero-order chi connectivity index (χ0) is 18.7. The lowest BCUT2D eigenvalue weighted by atomic mass is 9.85. The van der Waals surface area contributed by atoms with Crippen molar-refractivity contribution in [1.82, 2.24) is 20.0 Å². The fourth-order valence-electron chi connectivity index (χ4n) is 3.27. The smallest absolute Gasteiger partial charge is 0.334 e. The van der Waals surface area contributed by atoms with Crippen molar-refractivity contribution in [2.75, 3.05) is 27.2 Å². The van der Waals surface area contributed by atoms with Gasteiger partial charge in [-0.3, -0.25) is 24.1 Å². The van der Waals surface area contributed by atoms with Crippen molar-refractivity contribution in [2.24, 2.45) is 5.92 Å². The summed E-state index contributed by atoms with van der Waals surface area (Å²) in [5, 5.41) is 2.38. The maximum absolute atomic E-state index is 12.6. The van der Waals surface area contributed by atoms with Crippen molar-refractivity contribution in [3.63, 3.8) is 0 Å². The van der Waals surface area contributed by atoms with E-state index in [-0.39, 0.29) is 24.4 Å². The third-order valence-electron chi connectivity index (χ3n) is 4.86. The lowest BCUT2D eigenvalue weighted by Gasteiger charge is -2.34. The monoisotopic (exact) mass is 352 g/mol. The van der Waals surface area contributed by atoms with Gasteiger partial charge in [0.15, 0.2) is 0 Å². The number of likely N-dealkylation sites (N-methyl/N-ethyl adjacent to an activating group) is 2. The van der Waals surface area contributed by atoms with Crippen LogP contribution in [0.3, 0.4) is 0 Å². The molecule has 1 saturated carbocycles. The average molecular weight is 352 g/mol. The number of hydrogen-bond donors (Lipinski definition) is 1. The predicted molar refractivity (Wildman–Crippen MR) is 87.1 cm³/mol. The second-order valence-corrected chi connectivity index (χ2v) is 6.60. The number of urea groups is 1. The number of nitrogens with zero attached hydrogens (tertiary/aromatic N) is 3. The number of carbonyl (C=O) groups excluding carboxylic acids is 5. The second-order valence-electron chi connectivity index (χ2n) is 6.60. The molecule has 2 fully saturated rings. The van der Waals surface area contributed by atoms with Gasteiger partial charge in [-0.2, -0.15) is 0 Å². The highest BCUT2D eigenvalue weighted by Gasteiger charge is 2.49. The molecule has 0 radical (unpaired) electrons. The molecule has 1 saturated heterocycles. The molecule has 1 aliphatic heterocycles. The summed E-state index contributed by atoms with van der Waals surface area (Å²) in [6.07, 6.45) is 3.50. The fourth-order valence-corrected chi connectivity index (χ4v) is 3.27. The number of amides is 6. The first-order valence-corrected chi connectivity index (χ1v) is 8.41. The predicted octanol–water partition coefficient (Wildman–Crippen LogP) is -0.440. The second kappa shape index (κ2) is 7.62. The number of carbonyl (C=O) groups is 5. The van der Waals surface area contributed by atoms with Crippen LogP contribution in [0.25, 0.3) is 0 Å². The van der Waals surface area contributed by atoms with E-state index in [0.29, 0.717) is 11.3 Å². The summed E-state index contributed by atoms with van der Waals surface area (Å²) in [5.74, 6) is -2.68. The molecule has 0 aromatic rings. The van der Waals surface area contributed by atoms with Crippen molar-refractivity contribution >= 4 is 29.7 Å². The van der Waals surface area contributed by atoms with E-state index < -0.39 is 30.3 Å². The van der Waals surface area contributed by atoms with Gasteiger partial charge in [-0.1, -0.05) is 19.8 Å². The van der Waals surface area contributed by atoms with Crippen LogP contribution in [0.15, 0.2) is 0 Å². The molecule has 2 aliphatic rings. The van der Waals surface area contributed by atoms with Crippen molar-refractivity contribution < 1.29 is 24.0 Å². The summed E-state index contributed by atoms with van der Waals surface area (Å²) in [5.41, 5.74) is 0. The molecule has 2 atom stereocenters. The Hall–Kier alpha value is -2.45. The van der Waals surface area contributed by atoms with Gasteiger partial charge >= 0.3 is 17.8 Å². The Morgan fingerprint density at radius 3 is 2.40 bits per heavy atom. The first kappa shape index (κ1) is 18.9. The molecule has 1 heterocycles. The lowest BCUT2D eigenvalue weighted by Crippen LogP contribution is -2.47. The molecule has 9 nitrogen and oxygen atoms in total. The molecule has 138 valence electrons. The number of rotatable bonds is 5. The normalized spacial score (nSPS) is 23.9. The fraction of sp³-hybridized carbons (Fsp3) is 0.688. The minimum atomic E-state index is -0.982. The van der Waals surface area contributed by atoms with E-state index in [1.54, 1.807) is 0 Å². The van der Waals surface area contributed by atoms with Crippen molar-refractivity contribution in [1.29, 1.82) is 0 Å². The highest BCUT2D eigenvalue weighted by atomic mass is 16.2. The Bertz CT molecular complexity index is 605. The molecule has 0 aromatic heterocycles. The lowest BCUT2D eigenvalue weighted by molar-refractivity contribution is -0.146.